The number of terminal acetylenes is 1. The molecule has 1 aliphatic heterocycles. The largest absolute Gasteiger partial charge is 0.388 e. The lowest BCUT2D eigenvalue weighted by atomic mass is 9.83. The van der Waals surface area contributed by atoms with Crippen LogP contribution in [-0.2, 0) is 9.47 Å². The van der Waals surface area contributed by atoms with Crippen molar-refractivity contribution in [3.8, 4) is 24.2 Å². The highest BCUT2D eigenvalue weighted by molar-refractivity contribution is 5.11. The minimum Gasteiger partial charge on any atom is -0.388 e. The lowest BCUT2D eigenvalue weighted by molar-refractivity contribution is -0.272. The van der Waals surface area contributed by atoms with Crippen molar-refractivity contribution in [1.29, 1.82) is 0 Å². The van der Waals surface area contributed by atoms with Gasteiger partial charge in [0.2, 0.25) is 0 Å². The molecule has 0 unspecified atom stereocenters. The van der Waals surface area contributed by atoms with Crippen LogP contribution in [0.4, 0.5) is 0 Å². The molecule has 1 saturated heterocycles. The SMILES string of the molecule is C#CCO[C@]1(CC#CC)[C@H](O)CO[C@@H](n2ccc(=O)[nH]c2=O)[C@@H]1O. The molecule has 0 saturated carbocycles. The van der Waals surface area contributed by atoms with Gasteiger partial charge in [0.1, 0.15) is 24.4 Å². The van der Waals surface area contributed by atoms with E-state index in [2.05, 4.69) is 22.7 Å². The maximum absolute atomic E-state index is 12.0. The van der Waals surface area contributed by atoms with Gasteiger partial charge in [-0.25, -0.2) is 4.79 Å². The number of nitrogens with one attached hydrogen (secondary N) is 1. The zero-order chi connectivity index (χ0) is 17.7. The minimum atomic E-state index is -1.52. The van der Waals surface area contributed by atoms with Gasteiger partial charge >= 0.3 is 5.69 Å². The lowest BCUT2D eigenvalue weighted by Crippen LogP contribution is -2.63. The molecular formula is C16H18N2O6. The predicted molar refractivity (Wildman–Crippen MR) is 83.9 cm³/mol. The van der Waals surface area contributed by atoms with Crippen LogP contribution in [0, 0.1) is 24.2 Å². The second kappa shape index (κ2) is 7.47. The Balaban J connectivity index is 2.45. The molecule has 1 aromatic heterocycles. The van der Waals surface area contributed by atoms with Crippen LogP contribution >= 0.6 is 0 Å². The summed E-state index contributed by atoms with van der Waals surface area (Å²) in [5.41, 5.74) is -2.85. The van der Waals surface area contributed by atoms with Crippen LogP contribution in [0.15, 0.2) is 21.9 Å². The van der Waals surface area contributed by atoms with Crippen molar-refractivity contribution in [2.45, 2.75) is 37.4 Å². The molecule has 2 heterocycles. The summed E-state index contributed by atoms with van der Waals surface area (Å²) in [6, 6.07) is 1.12. The molecule has 0 spiro atoms. The van der Waals surface area contributed by atoms with Crippen LogP contribution in [0.3, 0.4) is 0 Å². The Morgan fingerprint density at radius 1 is 1.54 bits per heavy atom. The first-order chi connectivity index (χ1) is 11.5. The van der Waals surface area contributed by atoms with Gasteiger partial charge < -0.3 is 19.7 Å². The summed E-state index contributed by atoms with van der Waals surface area (Å²) in [5.74, 6) is 7.71. The third-order valence-corrected chi connectivity index (χ3v) is 3.85. The third-order valence-electron chi connectivity index (χ3n) is 3.85. The quantitative estimate of drug-likeness (QED) is 0.583. The van der Waals surface area contributed by atoms with Crippen LogP contribution in [0.25, 0.3) is 0 Å². The fraction of sp³-hybridized carbons (Fsp3) is 0.500. The molecule has 1 aromatic rings. The summed E-state index contributed by atoms with van der Waals surface area (Å²) in [5, 5.41) is 21.1. The normalized spacial score (nSPS) is 29.3. The number of aliphatic hydroxyl groups is 2. The number of nitrogens with zero attached hydrogens (tertiary/aromatic N) is 1. The van der Waals surface area contributed by atoms with Crippen LogP contribution in [0.5, 0.6) is 0 Å². The highest BCUT2D eigenvalue weighted by Gasteiger charge is 2.53. The summed E-state index contributed by atoms with van der Waals surface area (Å²) in [4.78, 5) is 25.2. The average molecular weight is 334 g/mol. The summed E-state index contributed by atoms with van der Waals surface area (Å²) < 4.78 is 12.0. The maximum atomic E-state index is 12.0. The van der Waals surface area contributed by atoms with Crippen LogP contribution in [0.1, 0.15) is 19.6 Å². The predicted octanol–water partition coefficient (Wildman–Crippen LogP) is -1.41. The molecule has 24 heavy (non-hydrogen) atoms. The van der Waals surface area contributed by atoms with Crippen molar-refractivity contribution in [3.63, 3.8) is 0 Å². The highest BCUT2D eigenvalue weighted by Crippen LogP contribution is 2.36. The summed E-state index contributed by atoms with van der Waals surface area (Å²) in [6.45, 7) is 1.24. The Morgan fingerprint density at radius 3 is 2.92 bits per heavy atom. The topological polar surface area (TPSA) is 114 Å². The van der Waals surface area contributed by atoms with Crippen molar-refractivity contribution >= 4 is 0 Å². The van der Waals surface area contributed by atoms with Crippen molar-refractivity contribution in [1.82, 2.24) is 9.55 Å². The Bertz CT molecular complexity index is 796. The van der Waals surface area contributed by atoms with Gasteiger partial charge in [-0.2, -0.15) is 0 Å². The van der Waals surface area contributed by atoms with E-state index in [0.29, 0.717) is 0 Å². The molecule has 0 aliphatic carbocycles. The summed E-state index contributed by atoms with van der Waals surface area (Å²) in [6.07, 6.45) is 2.59. The summed E-state index contributed by atoms with van der Waals surface area (Å²) >= 11 is 0. The molecule has 0 bridgehead atoms. The van der Waals surface area contributed by atoms with Crippen molar-refractivity contribution in [2.75, 3.05) is 13.2 Å². The monoisotopic (exact) mass is 334 g/mol. The van der Waals surface area contributed by atoms with E-state index in [1.807, 2.05) is 0 Å². The average Bonchev–Trinajstić information content (AvgIpc) is 2.55. The van der Waals surface area contributed by atoms with E-state index in [-0.39, 0.29) is 19.6 Å². The van der Waals surface area contributed by atoms with Crippen molar-refractivity contribution < 1.29 is 19.7 Å². The minimum absolute atomic E-state index is 0.00846. The molecule has 1 aliphatic rings. The van der Waals surface area contributed by atoms with Crippen LogP contribution < -0.4 is 11.2 Å². The first-order valence-corrected chi connectivity index (χ1v) is 7.22. The fourth-order valence-electron chi connectivity index (χ4n) is 2.58. The second-order valence-electron chi connectivity index (χ2n) is 5.25. The van der Waals surface area contributed by atoms with Crippen LogP contribution in [0.2, 0.25) is 0 Å². The number of H-pyrrole nitrogens is 1. The molecule has 2 rings (SSSR count). The molecule has 128 valence electrons. The van der Waals surface area contributed by atoms with Gasteiger partial charge in [0, 0.05) is 18.7 Å². The van der Waals surface area contributed by atoms with E-state index in [4.69, 9.17) is 15.9 Å². The molecule has 1 fully saturated rings. The van der Waals surface area contributed by atoms with E-state index in [0.717, 1.165) is 10.6 Å². The van der Waals surface area contributed by atoms with Gasteiger partial charge in [-0.15, -0.1) is 18.3 Å². The Hall–Kier alpha value is -2.36. The van der Waals surface area contributed by atoms with E-state index >= 15 is 0 Å². The van der Waals surface area contributed by atoms with Gasteiger partial charge in [0.05, 0.1) is 6.61 Å². The van der Waals surface area contributed by atoms with Crippen LogP contribution in [-0.4, -0.2) is 50.8 Å². The number of aromatic amines is 1. The second-order valence-corrected chi connectivity index (χ2v) is 5.25. The van der Waals surface area contributed by atoms with Crippen molar-refractivity contribution in [2.24, 2.45) is 0 Å². The molecule has 8 heteroatoms. The van der Waals surface area contributed by atoms with Gasteiger partial charge in [0.25, 0.3) is 5.56 Å². The standard InChI is InChI=1S/C16H18N2O6/c1-3-5-7-16(24-9-4-2)11(19)10-23-14(13(16)21)18-8-6-12(20)17-15(18)22/h2,6,8,11,13-14,19,21H,7,9-10H2,1H3,(H,17,20,22)/t11-,13+,14-,16-/m1/s1. The Kier molecular flexibility index (Phi) is 5.60. The molecule has 0 aromatic carbocycles. The first-order valence-electron chi connectivity index (χ1n) is 7.22. The molecule has 4 atom stereocenters. The molecule has 8 nitrogen and oxygen atoms in total. The maximum Gasteiger partial charge on any atom is 0.330 e. The fourth-order valence-corrected chi connectivity index (χ4v) is 2.58. The number of aromatic nitrogens is 2. The molecule has 0 amide bonds. The summed E-state index contributed by atoms with van der Waals surface area (Å²) in [7, 11) is 0. The molecular weight excluding hydrogens is 316 g/mol. The Labute approximate surface area is 138 Å². The van der Waals surface area contributed by atoms with Gasteiger partial charge in [-0.3, -0.25) is 14.3 Å². The third kappa shape index (κ3) is 3.28. The number of hydrogen-bond acceptors (Lipinski definition) is 6. The number of hydrogen-bond donors (Lipinski definition) is 3. The highest BCUT2D eigenvalue weighted by atomic mass is 16.6. The van der Waals surface area contributed by atoms with Crippen molar-refractivity contribution in [3.05, 3.63) is 33.1 Å². The lowest BCUT2D eigenvalue weighted by Gasteiger charge is -2.46. The van der Waals surface area contributed by atoms with E-state index in [1.165, 1.54) is 6.20 Å². The van der Waals surface area contributed by atoms with Gasteiger partial charge in [-0.1, -0.05) is 5.92 Å². The molecule has 3 N–H and O–H groups in total. The Morgan fingerprint density at radius 2 is 2.29 bits per heavy atom. The van der Waals surface area contributed by atoms with E-state index in [9.17, 15) is 19.8 Å². The number of aliphatic hydroxyl groups excluding tert-OH is 2. The number of ether oxygens (including phenoxy) is 2. The number of rotatable bonds is 4. The van der Waals surface area contributed by atoms with Gasteiger partial charge in [0.15, 0.2) is 6.23 Å². The molecule has 0 radical (unpaired) electrons. The first kappa shape index (κ1) is 18.0. The zero-order valence-corrected chi connectivity index (χ0v) is 13.1. The van der Waals surface area contributed by atoms with E-state index in [1.54, 1.807) is 6.92 Å². The smallest absolute Gasteiger partial charge is 0.330 e. The van der Waals surface area contributed by atoms with E-state index < -0.39 is 35.3 Å². The zero-order valence-electron chi connectivity index (χ0n) is 13.1. The van der Waals surface area contributed by atoms with Gasteiger partial charge in [-0.05, 0) is 6.92 Å².